The summed E-state index contributed by atoms with van der Waals surface area (Å²) >= 11 is 15.6. The average molecular weight is 390 g/mol. The summed E-state index contributed by atoms with van der Waals surface area (Å²) in [4.78, 5) is 4.31. The van der Waals surface area contributed by atoms with Crippen molar-refractivity contribution in [1.82, 2.24) is 10.3 Å². The van der Waals surface area contributed by atoms with Crippen molar-refractivity contribution in [3.63, 3.8) is 0 Å². The highest BCUT2D eigenvalue weighted by Gasteiger charge is 2.12. The number of pyridine rings is 1. The maximum atomic E-state index is 6.14. The van der Waals surface area contributed by atoms with Crippen LogP contribution in [0.5, 0.6) is 11.6 Å². The van der Waals surface area contributed by atoms with Crippen LogP contribution in [0, 0.1) is 0 Å². The molecule has 21 heavy (non-hydrogen) atoms. The molecule has 0 fully saturated rings. The standard InChI is InChI=1S/C15H15BrCl2N2O/c1-9(2)19-7-10-6-11(16)8-20-15(10)21-13-5-3-4-12(17)14(13)18/h3-6,8-9,19H,7H2,1-2H3. The molecule has 0 atom stereocenters. The van der Waals surface area contributed by atoms with Crippen LogP contribution < -0.4 is 10.1 Å². The van der Waals surface area contributed by atoms with Gasteiger partial charge in [0.25, 0.3) is 0 Å². The summed E-state index contributed by atoms with van der Waals surface area (Å²) in [6.45, 7) is 4.82. The normalized spacial score (nSPS) is 11.0. The fourth-order valence-electron chi connectivity index (χ4n) is 1.67. The minimum absolute atomic E-state index is 0.367. The molecule has 6 heteroatoms. The topological polar surface area (TPSA) is 34.2 Å². The van der Waals surface area contributed by atoms with E-state index in [1.54, 1.807) is 24.4 Å². The van der Waals surface area contributed by atoms with Crippen molar-refractivity contribution in [3.05, 3.63) is 50.5 Å². The Morgan fingerprint density at radius 1 is 1.33 bits per heavy atom. The molecule has 1 heterocycles. The average Bonchev–Trinajstić information content (AvgIpc) is 2.43. The Kier molecular flexibility index (Phi) is 5.88. The minimum Gasteiger partial charge on any atom is -0.437 e. The molecule has 2 aromatic rings. The predicted octanol–water partition coefficient (Wildman–Crippen LogP) is 5.44. The number of rotatable bonds is 5. The largest absolute Gasteiger partial charge is 0.437 e. The summed E-state index contributed by atoms with van der Waals surface area (Å²) in [6, 6.07) is 7.60. The van der Waals surface area contributed by atoms with Crippen LogP contribution in [0.4, 0.5) is 0 Å². The maximum Gasteiger partial charge on any atom is 0.223 e. The van der Waals surface area contributed by atoms with E-state index in [2.05, 4.69) is 40.1 Å². The van der Waals surface area contributed by atoms with E-state index >= 15 is 0 Å². The van der Waals surface area contributed by atoms with E-state index in [0.717, 1.165) is 10.0 Å². The van der Waals surface area contributed by atoms with E-state index in [9.17, 15) is 0 Å². The van der Waals surface area contributed by atoms with Crippen LogP contribution in [0.15, 0.2) is 34.9 Å². The molecule has 1 aromatic heterocycles. The molecule has 0 bridgehead atoms. The number of benzene rings is 1. The fraction of sp³-hybridized carbons (Fsp3) is 0.267. The Labute approximate surface area is 142 Å². The Balaban J connectivity index is 2.28. The number of aromatic nitrogens is 1. The number of hydrogen-bond acceptors (Lipinski definition) is 3. The van der Waals surface area contributed by atoms with Gasteiger partial charge in [-0.05, 0) is 34.1 Å². The Morgan fingerprint density at radius 3 is 2.81 bits per heavy atom. The van der Waals surface area contributed by atoms with Gasteiger partial charge in [-0.2, -0.15) is 0 Å². The molecular weight excluding hydrogens is 375 g/mol. The van der Waals surface area contributed by atoms with Gasteiger partial charge in [0.1, 0.15) is 10.8 Å². The van der Waals surface area contributed by atoms with E-state index in [-0.39, 0.29) is 0 Å². The second-order valence-electron chi connectivity index (χ2n) is 4.81. The van der Waals surface area contributed by atoms with Crippen molar-refractivity contribution in [2.24, 2.45) is 0 Å². The molecule has 1 N–H and O–H groups in total. The molecular formula is C15H15BrCl2N2O. The SMILES string of the molecule is CC(C)NCc1cc(Br)cnc1Oc1cccc(Cl)c1Cl. The molecule has 1 aromatic carbocycles. The van der Waals surface area contributed by atoms with Crippen molar-refractivity contribution in [3.8, 4) is 11.6 Å². The van der Waals surface area contributed by atoms with Crippen LogP contribution in [0.1, 0.15) is 19.4 Å². The second-order valence-corrected chi connectivity index (χ2v) is 6.51. The first-order valence-corrected chi connectivity index (χ1v) is 8.02. The van der Waals surface area contributed by atoms with Crippen LogP contribution in [-0.4, -0.2) is 11.0 Å². The highest BCUT2D eigenvalue weighted by molar-refractivity contribution is 9.10. The van der Waals surface area contributed by atoms with Gasteiger partial charge in [-0.15, -0.1) is 0 Å². The molecule has 0 unspecified atom stereocenters. The summed E-state index contributed by atoms with van der Waals surface area (Å²) in [5.74, 6) is 1.00. The molecule has 0 aliphatic heterocycles. The number of ether oxygens (including phenoxy) is 1. The molecule has 112 valence electrons. The summed E-state index contributed by atoms with van der Waals surface area (Å²) in [7, 11) is 0. The molecule has 3 nitrogen and oxygen atoms in total. The fourth-order valence-corrected chi connectivity index (χ4v) is 2.38. The summed E-state index contributed by atoms with van der Waals surface area (Å²) < 4.78 is 6.72. The lowest BCUT2D eigenvalue weighted by Gasteiger charge is -2.14. The van der Waals surface area contributed by atoms with E-state index < -0.39 is 0 Å². The van der Waals surface area contributed by atoms with Crippen molar-refractivity contribution in [2.75, 3.05) is 0 Å². The summed E-state index contributed by atoms with van der Waals surface area (Å²) in [5.41, 5.74) is 0.939. The van der Waals surface area contributed by atoms with Crippen LogP contribution in [-0.2, 0) is 6.54 Å². The number of nitrogens with one attached hydrogen (secondary N) is 1. The van der Waals surface area contributed by atoms with Gasteiger partial charge in [0.2, 0.25) is 5.88 Å². The van der Waals surface area contributed by atoms with E-state index in [4.69, 9.17) is 27.9 Å². The Bertz CT molecular complexity index is 635. The lowest BCUT2D eigenvalue weighted by Crippen LogP contribution is -2.22. The zero-order chi connectivity index (χ0) is 15.4. The summed E-state index contributed by atoms with van der Waals surface area (Å²) in [5, 5.41) is 4.17. The highest BCUT2D eigenvalue weighted by Crippen LogP contribution is 2.35. The third kappa shape index (κ3) is 4.58. The minimum atomic E-state index is 0.367. The van der Waals surface area contributed by atoms with Crippen LogP contribution in [0.2, 0.25) is 10.0 Å². The predicted molar refractivity (Wildman–Crippen MR) is 90.4 cm³/mol. The van der Waals surface area contributed by atoms with Crippen LogP contribution >= 0.6 is 39.1 Å². The zero-order valence-electron chi connectivity index (χ0n) is 11.7. The van der Waals surface area contributed by atoms with Crippen molar-refractivity contribution in [1.29, 1.82) is 0 Å². The molecule has 0 aliphatic carbocycles. The monoisotopic (exact) mass is 388 g/mol. The van der Waals surface area contributed by atoms with Gasteiger partial charge in [-0.3, -0.25) is 0 Å². The summed E-state index contributed by atoms with van der Waals surface area (Å²) in [6.07, 6.45) is 1.69. The van der Waals surface area contributed by atoms with Gasteiger partial charge >= 0.3 is 0 Å². The molecule has 0 saturated heterocycles. The first-order valence-electron chi connectivity index (χ1n) is 6.47. The smallest absolute Gasteiger partial charge is 0.223 e. The lowest BCUT2D eigenvalue weighted by molar-refractivity contribution is 0.450. The van der Waals surface area contributed by atoms with E-state index in [1.165, 1.54) is 0 Å². The third-order valence-corrected chi connectivity index (χ3v) is 3.95. The van der Waals surface area contributed by atoms with Gasteiger partial charge in [0.05, 0.1) is 5.02 Å². The van der Waals surface area contributed by atoms with Crippen LogP contribution in [0.3, 0.4) is 0 Å². The first kappa shape index (κ1) is 16.6. The quantitative estimate of drug-likeness (QED) is 0.738. The molecule has 0 saturated carbocycles. The van der Waals surface area contributed by atoms with E-state index in [0.29, 0.717) is 34.3 Å². The van der Waals surface area contributed by atoms with Crippen molar-refractivity contribution in [2.45, 2.75) is 26.4 Å². The van der Waals surface area contributed by atoms with Gasteiger partial charge in [-0.25, -0.2) is 4.98 Å². The molecule has 2 rings (SSSR count). The van der Waals surface area contributed by atoms with Gasteiger partial charge in [0.15, 0.2) is 0 Å². The molecule has 0 spiro atoms. The molecule has 0 aliphatic rings. The zero-order valence-corrected chi connectivity index (χ0v) is 14.8. The van der Waals surface area contributed by atoms with Crippen LogP contribution in [0.25, 0.3) is 0 Å². The molecule has 0 amide bonds. The van der Waals surface area contributed by atoms with Gasteiger partial charge in [0, 0.05) is 28.8 Å². The Morgan fingerprint density at radius 2 is 2.10 bits per heavy atom. The number of hydrogen-bond donors (Lipinski definition) is 1. The Hall–Kier alpha value is -0.810. The molecule has 0 radical (unpaired) electrons. The first-order chi connectivity index (χ1) is 9.97. The van der Waals surface area contributed by atoms with E-state index in [1.807, 2.05) is 6.07 Å². The van der Waals surface area contributed by atoms with Crippen molar-refractivity contribution >= 4 is 39.1 Å². The maximum absolute atomic E-state index is 6.14. The van der Waals surface area contributed by atoms with Gasteiger partial charge in [-0.1, -0.05) is 43.1 Å². The second kappa shape index (κ2) is 7.45. The number of nitrogens with zero attached hydrogens (tertiary/aromatic N) is 1. The third-order valence-electron chi connectivity index (χ3n) is 2.72. The highest BCUT2D eigenvalue weighted by atomic mass is 79.9. The number of halogens is 3. The lowest BCUT2D eigenvalue weighted by atomic mass is 10.2. The van der Waals surface area contributed by atoms with Gasteiger partial charge < -0.3 is 10.1 Å². The van der Waals surface area contributed by atoms with Crippen molar-refractivity contribution < 1.29 is 4.74 Å².